The zero-order chi connectivity index (χ0) is 15.0. The fraction of sp³-hybridized carbons (Fsp3) is 0.312. The van der Waals surface area contributed by atoms with Crippen molar-refractivity contribution in [3.8, 4) is 5.75 Å². The van der Waals surface area contributed by atoms with Crippen LogP contribution in [0.3, 0.4) is 0 Å². The van der Waals surface area contributed by atoms with Gasteiger partial charge in [0.25, 0.3) is 0 Å². The van der Waals surface area contributed by atoms with E-state index >= 15 is 0 Å². The Hall–Kier alpha value is -2.27. The molecule has 0 spiro atoms. The molecule has 0 aliphatic heterocycles. The molecule has 5 heteroatoms. The smallest absolute Gasteiger partial charge is 0.371 e. The predicted octanol–water partition coefficient (Wildman–Crippen LogP) is 2.36. The molecule has 0 bridgehead atoms. The van der Waals surface area contributed by atoms with Gasteiger partial charge in [0.05, 0.1) is 7.11 Å². The Balaban J connectivity index is 1.93. The van der Waals surface area contributed by atoms with E-state index in [1.54, 1.807) is 7.11 Å². The Morgan fingerprint density at radius 2 is 2.10 bits per heavy atom. The molecule has 1 aliphatic carbocycles. The number of aliphatic hydroxyl groups is 1. The number of carbonyl (C=O) groups is 1. The number of furan rings is 1. The molecule has 2 N–H and O–H groups in total. The minimum Gasteiger partial charge on any atom is -0.497 e. The number of carboxylic acids is 1. The Morgan fingerprint density at radius 1 is 1.29 bits per heavy atom. The molecular formula is C16H16O5. The van der Waals surface area contributed by atoms with E-state index < -0.39 is 11.6 Å². The molecule has 0 saturated heterocycles. The van der Waals surface area contributed by atoms with E-state index in [4.69, 9.17) is 14.3 Å². The average molecular weight is 288 g/mol. The van der Waals surface area contributed by atoms with Crippen LogP contribution in [-0.2, 0) is 18.4 Å². The van der Waals surface area contributed by atoms with Crippen molar-refractivity contribution in [2.75, 3.05) is 7.11 Å². The summed E-state index contributed by atoms with van der Waals surface area (Å²) in [4.78, 5) is 10.9. The number of rotatable bonds is 3. The monoisotopic (exact) mass is 288 g/mol. The molecule has 1 heterocycles. The summed E-state index contributed by atoms with van der Waals surface area (Å²) in [5.74, 6) is -0.255. The molecule has 5 nitrogen and oxygen atoms in total. The fourth-order valence-electron chi connectivity index (χ4n) is 2.80. The summed E-state index contributed by atoms with van der Waals surface area (Å²) in [5, 5.41) is 19.7. The fourth-order valence-corrected chi connectivity index (χ4v) is 2.80. The zero-order valence-corrected chi connectivity index (χ0v) is 11.6. The molecule has 1 atom stereocenters. The van der Waals surface area contributed by atoms with Crippen LogP contribution >= 0.6 is 0 Å². The molecule has 0 fully saturated rings. The third-order valence-corrected chi connectivity index (χ3v) is 3.98. The second kappa shape index (κ2) is 4.93. The van der Waals surface area contributed by atoms with Gasteiger partial charge >= 0.3 is 5.97 Å². The lowest BCUT2D eigenvalue weighted by Gasteiger charge is -2.32. The first-order chi connectivity index (χ1) is 10.0. The SMILES string of the molecule is COc1ccc2c(c1)CC(O)(c1ccc(C(=O)O)o1)CC2. The van der Waals surface area contributed by atoms with Crippen molar-refractivity contribution in [1.29, 1.82) is 0 Å². The number of aromatic carboxylic acids is 1. The van der Waals surface area contributed by atoms with Crippen molar-refractivity contribution >= 4 is 5.97 Å². The van der Waals surface area contributed by atoms with E-state index in [1.807, 2.05) is 18.2 Å². The largest absolute Gasteiger partial charge is 0.497 e. The number of ether oxygens (including phenoxy) is 1. The summed E-state index contributed by atoms with van der Waals surface area (Å²) in [6, 6.07) is 8.71. The maximum atomic E-state index is 10.9. The number of hydrogen-bond acceptors (Lipinski definition) is 4. The van der Waals surface area contributed by atoms with Crippen LogP contribution in [-0.4, -0.2) is 23.3 Å². The first-order valence-corrected chi connectivity index (χ1v) is 6.73. The van der Waals surface area contributed by atoms with E-state index in [0.29, 0.717) is 25.0 Å². The summed E-state index contributed by atoms with van der Waals surface area (Å²) in [5.41, 5.74) is 0.995. The van der Waals surface area contributed by atoms with Crippen molar-refractivity contribution in [1.82, 2.24) is 0 Å². The van der Waals surface area contributed by atoms with Gasteiger partial charge in [-0.25, -0.2) is 4.79 Å². The van der Waals surface area contributed by atoms with Gasteiger partial charge in [-0.2, -0.15) is 0 Å². The van der Waals surface area contributed by atoms with Crippen LogP contribution in [0.25, 0.3) is 0 Å². The summed E-state index contributed by atoms with van der Waals surface area (Å²) < 4.78 is 10.5. The van der Waals surface area contributed by atoms with Crippen LogP contribution < -0.4 is 4.74 Å². The highest BCUT2D eigenvalue weighted by Gasteiger charge is 2.37. The van der Waals surface area contributed by atoms with Gasteiger partial charge in [0, 0.05) is 6.42 Å². The molecule has 110 valence electrons. The molecule has 21 heavy (non-hydrogen) atoms. The number of carboxylic acid groups (broad SMARTS) is 1. The molecule has 0 radical (unpaired) electrons. The van der Waals surface area contributed by atoms with Crippen LogP contribution in [0.4, 0.5) is 0 Å². The van der Waals surface area contributed by atoms with Gasteiger partial charge in [-0.15, -0.1) is 0 Å². The third kappa shape index (κ3) is 2.40. The second-order valence-electron chi connectivity index (χ2n) is 5.31. The van der Waals surface area contributed by atoms with E-state index in [1.165, 1.54) is 17.7 Å². The van der Waals surface area contributed by atoms with Gasteiger partial charge in [0.1, 0.15) is 17.1 Å². The van der Waals surface area contributed by atoms with Gasteiger partial charge in [0.2, 0.25) is 5.76 Å². The Kier molecular flexibility index (Phi) is 3.22. The number of benzene rings is 1. The Bertz CT molecular complexity index is 688. The first kappa shape index (κ1) is 13.7. The van der Waals surface area contributed by atoms with Gasteiger partial charge in [-0.1, -0.05) is 6.07 Å². The number of hydrogen-bond donors (Lipinski definition) is 2. The Morgan fingerprint density at radius 3 is 2.76 bits per heavy atom. The van der Waals surface area contributed by atoms with Crippen LogP contribution in [0.5, 0.6) is 5.75 Å². The topological polar surface area (TPSA) is 79.9 Å². The standard InChI is InChI=1S/C16H16O5/c1-20-12-3-2-10-6-7-16(19,9-11(10)8-12)14-5-4-13(21-14)15(17)18/h2-5,8,19H,6-7,9H2,1H3,(H,17,18). The van der Waals surface area contributed by atoms with Crippen molar-refractivity contribution in [3.63, 3.8) is 0 Å². The molecule has 3 rings (SSSR count). The third-order valence-electron chi connectivity index (χ3n) is 3.98. The molecule has 1 aliphatic rings. The first-order valence-electron chi connectivity index (χ1n) is 6.73. The molecule has 1 unspecified atom stereocenters. The molecule has 1 aromatic heterocycles. The lowest BCUT2D eigenvalue weighted by molar-refractivity contribution is -0.0000265. The quantitative estimate of drug-likeness (QED) is 0.906. The molecule has 2 aromatic rings. The maximum Gasteiger partial charge on any atom is 0.371 e. The summed E-state index contributed by atoms with van der Waals surface area (Å²) >= 11 is 0. The molecule has 0 saturated carbocycles. The van der Waals surface area contributed by atoms with Crippen LogP contribution in [0, 0.1) is 0 Å². The van der Waals surface area contributed by atoms with E-state index in [2.05, 4.69) is 0 Å². The van der Waals surface area contributed by atoms with Gasteiger partial charge < -0.3 is 19.4 Å². The minimum atomic E-state index is -1.17. The number of fused-ring (bicyclic) bond motifs is 1. The zero-order valence-electron chi connectivity index (χ0n) is 11.6. The average Bonchev–Trinajstić information content (AvgIpc) is 2.97. The maximum absolute atomic E-state index is 10.9. The van der Waals surface area contributed by atoms with Crippen LogP contribution in [0.1, 0.15) is 33.9 Å². The van der Waals surface area contributed by atoms with Gasteiger partial charge in [0.15, 0.2) is 0 Å². The molecule has 1 aromatic carbocycles. The normalized spacial score (nSPS) is 20.9. The van der Waals surface area contributed by atoms with E-state index in [9.17, 15) is 9.90 Å². The second-order valence-corrected chi connectivity index (χ2v) is 5.31. The van der Waals surface area contributed by atoms with Crippen molar-refractivity contribution in [2.45, 2.75) is 24.9 Å². The van der Waals surface area contributed by atoms with Crippen LogP contribution in [0.15, 0.2) is 34.7 Å². The molecule has 0 amide bonds. The highest BCUT2D eigenvalue weighted by Crippen LogP contribution is 2.38. The summed E-state index contributed by atoms with van der Waals surface area (Å²) in [6.45, 7) is 0. The molecular weight excluding hydrogens is 272 g/mol. The van der Waals surface area contributed by atoms with Crippen LogP contribution in [0.2, 0.25) is 0 Å². The highest BCUT2D eigenvalue weighted by molar-refractivity contribution is 5.84. The van der Waals surface area contributed by atoms with Crippen molar-refractivity contribution < 1.29 is 24.2 Å². The van der Waals surface area contributed by atoms with Crippen molar-refractivity contribution in [2.24, 2.45) is 0 Å². The lowest BCUT2D eigenvalue weighted by Crippen LogP contribution is -2.32. The van der Waals surface area contributed by atoms with Gasteiger partial charge in [-0.05, 0) is 48.2 Å². The summed E-state index contributed by atoms with van der Waals surface area (Å²) in [6.07, 6.45) is 1.59. The van der Waals surface area contributed by atoms with E-state index in [-0.39, 0.29) is 5.76 Å². The predicted molar refractivity (Wildman–Crippen MR) is 74.6 cm³/mol. The highest BCUT2D eigenvalue weighted by atomic mass is 16.5. The number of aryl methyl sites for hydroxylation is 1. The number of methoxy groups -OCH3 is 1. The minimum absolute atomic E-state index is 0.158. The lowest BCUT2D eigenvalue weighted by atomic mass is 9.79. The van der Waals surface area contributed by atoms with Gasteiger partial charge in [-0.3, -0.25) is 0 Å². The van der Waals surface area contributed by atoms with Crippen molar-refractivity contribution in [3.05, 3.63) is 53.0 Å². The Labute approximate surface area is 121 Å². The van der Waals surface area contributed by atoms with E-state index in [0.717, 1.165) is 11.3 Å². The summed E-state index contributed by atoms with van der Waals surface area (Å²) in [7, 11) is 1.60.